The van der Waals surface area contributed by atoms with Crippen molar-refractivity contribution in [1.82, 2.24) is 4.90 Å². The molecule has 0 bridgehead atoms. The molecule has 1 aliphatic rings. The molecular formula is C22H26N2O4. The second-order valence-corrected chi connectivity index (χ2v) is 7.27. The second-order valence-electron chi connectivity index (χ2n) is 7.27. The summed E-state index contributed by atoms with van der Waals surface area (Å²) in [4.78, 5) is 26.6. The van der Waals surface area contributed by atoms with Gasteiger partial charge in [-0.15, -0.1) is 0 Å². The minimum Gasteiger partial charge on any atom is -0.497 e. The average Bonchev–Trinajstić information content (AvgIpc) is 2.79. The molecule has 0 radical (unpaired) electrons. The highest BCUT2D eigenvalue weighted by Crippen LogP contribution is 2.29. The lowest BCUT2D eigenvalue weighted by molar-refractivity contribution is -0.138. The van der Waals surface area contributed by atoms with E-state index in [9.17, 15) is 9.59 Å². The smallest absolute Gasteiger partial charge is 0.263 e. The first-order chi connectivity index (χ1) is 13.4. The minimum atomic E-state index is -0.574. The maximum atomic E-state index is 12.8. The molecule has 0 fully saturated rings. The zero-order chi connectivity index (χ0) is 20.3. The number of carbonyl (C=O) groups is 2. The van der Waals surface area contributed by atoms with Gasteiger partial charge in [-0.2, -0.15) is 0 Å². The van der Waals surface area contributed by atoms with Crippen LogP contribution in [-0.4, -0.2) is 29.9 Å². The molecule has 0 saturated heterocycles. The fraction of sp³-hybridized carbons (Fsp3) is 0.364. The van der Waals surface area contributed by atoms with Crippen LogP contribution in [-0.2, 0) is 22.7 Å². The molecule has 1 aliphatic heterocycles. The van der Waals surface area contributed by atoms with E-state index in [4.69, 9.17) is 9.47 Å². The molecule has 28 heavy (non-hydrogen) atoms. The monoisotopic (exact) mass is 382 g/mol. The molecule has 0 spiro atoms. The summed E-state index contributed by atoms with van der Waals surface area (Å²) in [5.41, 5.74) is 2.58. The first-order valence-corrected chi connectivity index (χ1v) is 9.39. The number of amides is 2. The number of hydrogen-bond donors (Lipinski definition) is 1. The van der Waals surface area contributed by atoms with Crippen LogP contribution in [0, 0.1) is 5.92 Å². The molecule has 1 heterocycles. The van der Waals surface area contributed by atoms with Crippen LogP contribution in [0.25, 0.3) is 0 Å². The van der Waals surface area contributed by atoms with Gasteiger partial charge in [0.1, 0.15) is 11.5 Å². The van der Waals surface area contributed by atoms with Crippen LogP contribution in [0.3, 0.4) is 0 Å². The van der Waals surface area contributed by atoms with Crippen LogP contribution in [0.15, 0.2) is 42.5 Å². The van der Waals surface area contributed by atoms with E-state index < -0.39 is 6.10 Å². The van der Waals surface area contributed by atoms with E-state index in [2.05, 4.69) is 5.32 Å². The molecule has 2 aromatic rings. The van der Waals surface area contributed by atoms with Gasteiger partial charge >= 0.3 is 0 Å². The number of anilines is 1. The fourth-order valence-electron chi connectivity index (χ4n) is 3.05. The number of carbonyl (C=O) groups excluding carboxylic acids is 2. The maximum Gasteiger partial charge on any atom is 0.263 e. The summed E-state index contributed by atoms with van der Waals surface area (Å²) in [6.45, 7) is 6.33. The highest BCUT2D eigenvalue weighted by atomic mass is 16.5. The van der Waals surface area contributed by atoms with Crippen LogP contribution in [0.5, 0.6) is 11.5 Å². The third kappa shape index (κ3) is 4.44. The van der Waals surface area contributed by atoms with Crippen molar-refractivity contribution in [2.75, 3.05) is 12.4 Å². The Labute approximate surface area is 165 Å². The zero-order valence-corrected chi connectivity index (χ0v) is 16.7. The Bertz CT molecular complexity index is 861. The number of nitrogens with one attached hydrogen (secondary N) is 1. The van der Waals surface area contributed by atoms with Crippen LogP contribution in [0.4, 0.5) is 5.69 Å². The summed E-state index contributed by atoms with van der Waals surface area (Å²) in [6, 6.07) is 13.1. The highest BCUT2D eigenvalue weighted by molar-refractivity contribution is 5.92. The molecule has 6 heteroatoms. The molecule has 2 aromatic carbocycles. The summed E-state index contributed by atoms with van der Waals surface area (Å²) in [6.07, 6.45) is -0.574. The Morgan fingerprint density at radius 1 is 1.25 bits per heavy atom. The molecule has 2 amide bonds. The Balaban J connectivity index is 1.83. The minimum absolute atomic E-state index is 0.0472. The van der Waals surface area contributed by atoms with Crippen LogP contribution in [0.2, 0.25) is 0 Å². The van der Waals surface area contributed by atoms with Crippen molar-refractivity contribution in [3.63, 3.8) is 0 Å². The van der Waals surface area contributed by atoms with E-state index in [0.717, 1.165) is 16.9 Å². The lowest BCUT2D eigenvalue weighted by Gasteiger charge is -2.22. The Morgan fingerprint density at radius 2 is 1.96 bits per heavy atom. The molecule has 6 nitrogen and oxygen atoms in total. The van der Waals surface area contributed by atoms with Gasteiger partial charge in [0, 0.05) is 30.3 Å². The van der Waals surface area contributed by atoms with Gasteiger partial charge < -0.3 is 19.7 Å². The van der Waals surface area contributed by atoms with Crippen LogP contribution < -0.4 is 14.8 Å². The summed E-state index contributed by atoms with van der Waals surface area (Å²) in [7, 11) is 1.62. The van der Waals surface area contributed by atoms with E-state index in [1.54, 1.807) is 25.0 Å². The summed E-state index contributed by atoms with van der Waals surface area (Å²) in [5.74, 6) is 1.22. The number of methoxy groups -OCH3 is 1. The lowest BCUT2D eigenvalue weighted by atomic mass is 10.1. The van der Waals surface area contributed by atoms with Crippen molar-refractivity contribution in [3.05, 3.63) is 53.6 Å². The lowest BCUT2D eigenvalue weighted by Crippen LogP contribution is -2.37. The van der Waals surface area contributed by atoms with Crippen molar-refractivity contribution in [1.29, 1.82) is 0 Å². The van der Waals surface area contributed by atoms with E-state index in [-0.39, 0.29) is 17.7 Å². The first-order valence-electron chi connectivity index (χ1n) is 9.39. The maximum absolute atomic E-state index is 12.8. The van der Waals surface area contributed by atoms with Crippen molar-refractivity contribution >= 4 is 17.5 Å². The number of ether oxygens (including phenoxy) is 2. The SMILES string of the molecule is COc1ccc(CN2Cc3cc(NC(=O)C(C)C)ccc3OC(C)C2=O)cc1. The third-order valence-corrected chi connectivity index (χ3v) is 4.71. The molecule has 0 aromatic heterocycles. The van der Waals surface area contributed by atoms with Gasteiger partial charge in [0.05, 0.1) is 7.11 Å². The topological polar surface area (TPSA) is 67.9 Å². The largest absolute Gasteiger partial charge is 0.497 e. The van der Waals surface area contributed by atoms with Gasteiger partial charge in [-0.1, -0.05) is 26.0 Å². The molecule has 148 valence electrons. The summed E-state index contributed by atoms with van der Waals surface area (Å²) >= 11 is 0. The molecular weight excluding hydrogens is 356 g/mol. The van der Waals surface area contributed by atoms with E-state index in [1.807, 2.05) is 50.2 Å². The number of fused-ring (bicyclic) bond motifs is 1. The quantitative estimate of drug-likeness (QED) is 0.858. The van der Waals surface area contributed by atoms with Crippen LogP contribution in [0.1, 0.15) is 31.9 Å². The number of rotatable bonds is 5. The number of benzene rings is 2. The highest BCUT2D eigenvalue weighted by Gasteiger charge is 2.28. The fourth-order valence-corrected chi connectivity index (χ4v) is 3.05. The third-order valence-electron chi connectivity index (χ3n) is 4.71. The standard InChI is InChI=1S/C22H26N2O4/c1-14(2)21(25)23-18-7-10-20-17(11-18)13-24(22(26)15(3)28-20)12-16-5-8-19(27-4)9-6-16/h5-11,14-15H,12-13H2,1-4H3,(H,23,25). The van der Waals surface area contributed by atoms with Crippen molar-refractivity contribution in [2.45, 2.75) is 40.0 Å². The molecule has 0 saturated carbocycles. The number of hydrogen-bond acceptors (Lipinski definition) is 4. The molecule has 1 N–H and O–H groups in total. The molecule has 3 rings (SSSR count). The summed E-state index contributed by atoms with van der Waals surface area (Å²) in [5, 5.41) is 2.90. The van der Waals surface area contributed by atoms with Gasteiger partial charge in [0.25, 0.3) is 5.91 Å². The van der Waals surface area contributed by atoms with Crippen molar-refractivity contribution in [2.24, 2.45) is 5.92 Å². The van der Waals surface area contributed by atoms with Crippen LogP contribution >= 0.6 is 0 Å². The van der Waals surface area contributed by atoms with Gasteiger partial charge in [-0.3, -0.25) is 9.59 Å². The Morgan fingerprint density at radius 3 is 2.61 bits per heavy atom. The second kappa shape index (κ2) is 8.33. The Hall–Kier alpha value is -3.02. The molecule has 1 atom stereocenters. The zero-order valence-electron chi connectivity index (χ0n) is 16.7. The normalized spacial score (nSPS) is 16.2. The van der Waals surface area contributed by atoms with Gasteiger partial charge in [0.15, 0.2) is 6.10 Å². The van der Waals surface area contributed by atoms with Crippen molar-refractivity contribution < 1.29 is 19.1 Å². The summed E-state index contributed by atoms with van der Waals surface area (Å²) < 4.78 is 11.0. The van der Waals surface area contributed by atoms with Crippen molar-refractivity contribution in [3.8, 4) is 11.5 Å². The van der Waals surface area contributed by atoms with Gasteiger partial charge in [0.2, 0.25) is 5.91 Å². The van der Waals surface area contributed by atoms with Gasteiger partial charge in [-0.25, -0.2) is 0 Å². The van der Waals surface area contributed by atoms with E-state index in [1.165, 1.54) is 0 Å². The van der Waals surface area contributed by atoms with E-state index in [0.29, 0.717) is 24.5 Å². The molecule has 0 aliphatic carbocycles. The van der Waals surface area contributed by atoms with Gasteiger partial charge in [-0.05, 0) is 42.8 Å². The average molecular weight is 382 g/mol. The predicted molar refractivity (Wildman–Crippen MR) is 107 cm³/mol. The first kappa shape index (κ1) is 19.7. The number of nitrogens with zero attached hydrogens (tertiary/aromatic N) is 1. The molecule has 1 unspecified atom stereocenters. The Kier molecular flexibility index (Phi) is 5.87. The van der Waals surface area contributed by atoms with E-state index >= 15 is 0 Å². The predicted octanol–water partition coefficient (Wildman–Crippen LogP) is 3.60.